The second-order valence-electron chi connectivity index (χ2n) is 23.8. The van der Waals surface area contributed by atoms with Gasteiger partial charge in [0.05, 0.1) is 0 Å². The van der Waals surface area contributed by atoms with Crippen molar-refractivity contribution in [2.24, 2.45) is 0 Å². The Morgan fingerprint density at radius 1 is 0.137 bits per heavy atom. The van der Waals surface area contributed by atoms with E-state index in [4.69, 9.17) is 0 Å². The first kappa shape index (κ1) is 92.7. The molecule has 10 aromatic carbocycles. The van der Waals surface area contributed by atoms with Crippen molar-refractivity contribution >= 4 is 0 Å². The quantitative estimate of drug-likeness (QED) is 0.105. The van der Waals surface area contributed by atoms with Gasteiger partial charge in [-0.15, -0.1) is 0 Å². The molecule has 10 rings (SSSR count). The van der Waals surface area contributed by atoms with Crippen LogP contribution in [0.25, 0.3) is 0 Å². The molecule has 0 atom stereocenters. The third kappa shape index (κ3) is 29.0. The van der Waals surface area contributed by atoms with E-state index in [1.165, 1.54) is 134 Å². The van der Waals surface area contributed by atoms with Crippen molar-refractivity contribution in [3.8, 4) is 0 Å². The van der Waals surface area contributed by atoms with Crippen molar-refractivity contribution in [3.05, 3.63) is 348 Å². The Morgan fingerprint density at radius 2 is 0.333 bits per heavy atom. The van der Waals surface area contributed by atoms with Crippen molar-refractivity contribution in [1.29, 1.82) is 0 Å². The second kappa shape index (κ2) is 42.9. The van der Waals surface area contributed by atoms with E-state index in [-0.39, 0.29) is 61.4 Å². The van der Waals surface area contributed by atoms with E-state index in [0.717, 1.165) is 37.1 Å². The highest BCUT2D eigenvalue weighted by Crippen LogP contribution is 2.24. The number of halogens is 21. The fourth-order valence-electron chi connectivity index (χ4n) is 7.78. The topological polar surface area (TPSA) is 0 Å². The lowest BCUT2D eigenvalue weighted by molar-refractivity contribution is 0.436. The van der Waals surface area contributed by atoms with Crippen molar-refractivity contribution in [1.82, 2.24) is 0 Å². The molecule has 0 saturated heterocycles. The molecule has 0 fully saturated rings. The largest absolute Gasteiger partial charge is 0.269 e. The summed E-state index contributed by atoms with van der Waals surface area (Å²) < 4.78 is 252. The number of hydrogen-bond donors (Lipinski definition) is 0. The zero-order chi connectivity index (χ0) is 78.1. The highest BCUT2D eigenvalue weighted by Gasteiger charge is 2.20. The minimum absolute atomic E-state index is 0. The molecule has 0 amide bonds. The maximum Gasteiger partial charge on any atom is 0.165 e. The molecule has 0 aliphatic carbocycles. The van der Waals surface area contributed by atoms with Gasteiger partial charge >= 0.3 is 0 Å². The zero-order valence-corrected chi connectivity index (χ0v) is 60.4. The van der Waals surface area contributed by atoms with Crippen molar-refractivity contribution in [2.45, 2.75) is 145 Å². The molecule has 0 aliphatic rings. The average Bonchev–Trinajstić information content (AvgIpc) is 0.816. The van der Waals surface area contributed by atoms with Crippen LogP contribution in [0, 0.1) is 262 Å². The van der Waals surface area contributed by atoms with Crippen LogP contribution >= 0.6 is 0 Å². The fraction of sp³-hybridized carbons (Fsp3) is 0.259. The highest BCUT2D eigenvalue weighted by atomic mass is 19.2. The van der Waals surface area contributed by atoms with E-state index in [1.807, 2.05) is 26.0 Å². The highest BCUT2D eigenvalue weighted by molar-refractivity contribution is 5.32. The molecule has 0 aliphatic heterocycles. The van der Waals surface area contributed by atoms with Gasteiger partial charge in [0, 0.05) is 33.4 Å². The van der Waals surface area contributed by atoms with Crippen LogP contribution in [0.5, 0.6) is 0 Å². The van der Waals surface area contributed by atoms with Crippen LogP contribution in [0.2, 0.25) is 0 Å². The number of hydrogen-bond acceptors (Lipinski definition) is 0. The first-order chi connectivity index (χ1) is 46.6. The summed E-state index contributed by atoms with van der Waals surface area (Å²) in [7, 11) is 0. The van der Waals surface area contributed by atoms with Crippen molar-refractivity contribution < 1.29 is 92.5 Å². The van der Waals surface area contributed by atoms with E-state index in [2.05, 4.69) is 39.0 Å². The SMILES string of the molecule is Cc1c(F)c(F)c(C)c(F)c1F.Cc1cc(F)c(C)c(F)c1.Cc1cc(F)c(C)c(F)c1.Cc1cc(F)c(C)c(F)c1F.Cc1cc(F)c(C)c(F)c1F.Cc1cc(F)c(C)cc1F.Cc1ccc(C)c(C)c1.Cc1ccc(C)c(F)c1.Cc1ccc(C)c(F)c1.Cc1ccc(C)c(F)c1F.F. The summed E-state index contributed by atoms with van der Waals surface area (Å²) >= 11 is 0. The third-order valence-corrected chi connectivity index (χ3v) is 14.9. The van der Waals surface area contributed by atoms with Gasteiger partial charge in [0.25, 0.3) is 0 Å². The van der Waals surface area contributed by atoms with Crippen molar-refractivity contribution in [3.63, 3.8) is 0 Å². The number of rotatable bonds is 0. The minimum atomic E-state index is -1.33. The van der Waals surface area contributed by atoms with Gasteiger partial charge in [0.1, 0.15) is 58.2 Å². The average molecular weight is 1460 g/mol. The Bertz CT molecular complexity index is 3920. The van der Waals surface area contributed by atoms with E-state index in [1.54, 1.807) is 52.0 Å². The first-order valence-corrected chi connectivity index (χ1v) is 30.8. The van der Waals surface area contributed by atoms with Gasteiger partial charge in [-0.05, 0) is 284 Å². The van der Waals surface area contributed by atoms with Gasteiger partial charge in [-0.1, -0.05) is 60.2 Å². The molecular formula is C81H83F21. The maximum absolute atomic E-state index is 12.7. The Labute approximate surface area is 584 Å². The predicted octanol–water partition coefficient (Wildman–Crippen LogP) is 26.3. The zero-order valence-electron chi connectivity index (χ0n) is 60.4. The lowest BCUT2D eigenvalue weighted by atomic mass is 10.1. The maximum atomic E-state index is 12.7. The second-order valence-corrected chi connectivity index (χ2v) is 23.8. The molecule has 21 heteroatoms. The molecule has 102 heavy (non-hydrogen) atoms. The number of aryl methyl sites for hydroxylation is 15. The fourth-order valence-corrected chi connectivity index (χ4v) is 7.78. The Balaban J connectivity index is 0.00000111. The lowest BCUT2D eigenvalue weighted by Gasteiger charge is -2.04. The van der Waals surface area contributed by atoms with Gasteiger partial charge in [0.15, 0.2) is 58.2 Å². The summed E-state index contributed by atoms with van der Waals surface area (Å²) in [6, 6.07) is 29.7. The molecule has 0 nitrogen and oxygen atoms in total. The summed E-state index contributed by atoms with van der Waals surface area (Å²) in [5.74, 6) is -15.1. The summed E-state index contributed by atoms with van der Waals surface area (Å²) in [6.45, 7) is 33.0. The molecule has 0 unspecified atom stereocenters. The smallest absolute Gasteiger partial charge is 0.165 e. The van der Waals surface area contributed by atoms with Gasteiger partial charge in [-0.3, -0.25) is 4.70 Å². The van der Waals surface area contributed by atoms with E-state index in [9.17, 15) is 87.8 Å². The van der Waals surface area contributed by atoms with E-state index >= 15 is 0 Å². The van der Waals surface area contributed by atoms with Crippen LogP contribution in [-0.2, 0) is 0 Å². The van der Waals surface area contributed by atoms with Crippen LogP contribution in [0.15, 0.2) is 115 Å². The van der Waals surface area contributed by atoms with Crippen LogP contribution in [0.3, 0.4) is 0 Å². The summed E-state index contributed by atoms with van der Waals surface area (Å²) in [4.78, 5) is 0. The van der Waals surface area contributed by atoms with E-state index in [0.29, 0.717) is 44.5 Å². The summed E-state index contributed by atoms with van der Waals surface area (Å²) in [6.07, 6.45) is 0. The van der Waals surface area contributed by atoms with Crippen molar-refractivity contribution in [2.75, 3.05) is 0 Å². The standard InChI is InChI=1S/C9H12.C8H6F4.2C8H7F3.4C8H8F2.2C8H9F.FH/c1-7-4-5-8(2)9(3)6-7;1-3-5(9)7(11)4(2)8(12)6(3)10;2*1-4-3-6(9)5(2)8(11)7(4)10;1-5-3-8(10)6(2)4-7(5)9;2*1-5-3-7(9)6(2)8(10)4-5;1-5-3-4-6(2)8(10)7(5)9;2*1-6-3-4-7(2)8(9)5-6;/h4-6H,1-3H3;1-2H3;2*3H,1-2H3;4*3-4H,1-2H3;2*3-5H,1-2H3;1H. The molecule has 0 heterocycles. The molecule has 0 bridgehead atoms. The van der Waals surface area contributed by atoms with Crippen LogP contribution in [0.1, 0.15) is 117 Å². The van der Waals surface area contributed by atoms with Gasteiger partial charge in [0.2, 0.25) is 0 Å². The molecule has 0 radical (unpaired) electrons. The summed E-state index contributed by atoms with van der Waals surface area (Å²) in [5.41, 5.74) is 8.45. The minimum Gasteiger partial charge on any atom is -0.269 e. The van der Waals surface area contributed by atoms with Crippen LogP contribution < -0.4 is 0 Å². The molecule has 10 aromatic rings. The molecule has 0 spiro atoms. The predicted molar refractivity (Wildman–Crippen MR) is 366 cm³/mol. The molecular weight excluding hydrogens is 1370 g/mol. The van der Waals surface area contributed by atoms with Gasteiger partial charge in [-0.25, -0.2) is 87.8 Å². The monoisotopic (exact) mass is 1450 g/mol. The Hall–Kier alpha value is -9.27. The van der Waals surface area contributed by atoms with Gasteiger partial charge in [-0.2, -0.15) is 0 Å². The summed E-state index contributed by atoms with van der Waals surface area (Å²) in [5, 5.41) is 0. The third-order valence-electron chi connectivity index (χ3n) is 14.9. The molecule has 554 valence electrons. The lowest BCUT2D eigenvalue weighted by Crippen LogP contribution is -2.02. The van der Waals surface area contributed by atoms with Gasteiger partial charge < -0.3 is 0 Å². The van der Waals surface area contributed by atoms with Crippen LogP contribution in [0.4, 0.5) is 92.5 Å². The normalized spacial score (nSPS) is 9.93. The number of benzene rings is 10. The van der Waals surface area contributed by atoms with E-state index < -0.39 is 104 Å². The molecule has 0 saturated carbocycles. The molecule has 0 aromatic heterocycles. The Kier molecular flexibility index (Phi) is 39.0. The van der Waals surface area contributed by atoms with Crippen LogP contribution in [-0.4, -0.2) is 0 Å². The first-order valence-electron chi connectivity index (χ1n) is 30.8. The molecule has 0 N–H and O–H groups in total. The Morgan fingerprint density at radius 3 is 0.578 bits per heavy atom.